The summed E-state index contributed by atoms with van der Waals surface area (Å²) in [6.45, 7) is -0.615. The van der Waals surface area contributed by atoms with E-state index in [0.717, 1.165) is 4.90 Å². The number of carboxylic acids is 1. The van der Waals surface area contributed by atoms with Gasteiger partial charge in [-0.05, 0) is 6.07 Å². The van der Waals surface area contributed by atoms with E-state index < -0.39 is 54.6 Å². The number of nitrogens with one attached hydrogen (secondary N) is 2. The lowest BCUT2D eigenvalue weighted by atomic mass is 10.0. The predicted molar refractivity (Wildman–Crippen MR) is 144 cm³/mol. The van der Waals surface area contributed by atoms with Crippen LogP contribution in [0.2, 0.25) is 0 Å². The SMILES string of the molecule is O=C[C@H](CC(=O)O)NC(=O)CN1C(=O)C(NC(=O)C(=O)c2ccccc2)N=C(c2ccccc2)c2ccccc21. The molecular weight excluding hydrogens is 516 g/mol. The molecule has 0 aromatic heterocycles. The molecule has 11 nitrogen and oxygen atoms in total. The van der Waals surface area contributed by atoms with Crippen molar-refractivity contribution in [3.63, 3.8) is 0 Å². The van der Waals surface area contributed by atoms with Crippen molar-refractivity contribution in [1.29, 1.82) is 0 Å². The Bertz CT molecular complexity index is 1490. The Morgan fingerprint density at radius 3 is 2.20 bits per heavy atom. The minimum absolute atomic E-state index is 0.117. The number of aldehydes is 1. The molecule has 2 atom stereocenters. The molecule has 1 aliphatic rings. The van der Waals surface area contributed by atoms with Crippen molar-refractivity contribution in [3.05, 3.63) is 102 Å². The number of nitrogens with zero attached hydrogens (tertiary/aromatic N) is 2. The maximum absolute atomic E-state index is 13.8. The van der Waals surface area contributed by atoms with Crippen molar-refractivity contribution < 1.29 is 33.9 Å². The lowest BCUT2D eigenvalue weighted by molar-refractivity contribution is -0.138. The summed E-state index contributed by atoms with van der Waals surface area (Å²) in [5, 5.41) is 13.7. The number of carbonyl (C=O) groups is 6. The summed E-state index contributed by atoms with van der Waals surface area (Å²) >= 11 is 0. The number of amides is 3. The van der Waals surface area contributed by atoms with Gasteiger partial charge >= 0.3 is 5.97 Å². The Morgan fingerprint density at radius 1 is 0.925 bits per heavy atom. The average Bonchev–Trinajstić information content (AvgIpc) is 3.07. The van der Waals surface area contributed by atoms with Crippen LogP contribution in [-0.4, -0.2) is 65.3 Å². The second-order valence-electron chi connectivity index (χ2n) is 8.76. The number of anilines is 1. The highest BCUT2D eigenvalue weighted by Gasteiger charge is 2.35. The highest BCUT2D eigenvalue weighted by Crippen LogP contribution is 2.28. The molecule has 40 heavy (non-hydrogen) atoms. The van der Waals surface area contributed by atoms with E-state index >= 15 is 0 Å². The molecule has 0 aliphatic carbocycles. The monoisotopic (exact) mass is 540 g/mol. The third-order valence-electron chi connectivity index (χ3n) is 5.97. The summed E-state index contributed by atoms with van der Waals surface area (Å²) < 4.78 is 0. The van der Waals surface area contributed by atoms with E-state index in [1.54, 1.807) is 72.8 Å². The standard InChI is InChI=1S/C29H24N4O7/c34-17-20(15-24(36)37)30-23(35)16-33-22-14-8-7-13-21(22)25(18-9-3-1-4-10-18)31-27(29(33)40)32-28(39)26(38)19-11-5-2-6-12-19/h1-14,17,20,27H,15-16H2,(H,30,35)(H,32,39)(H,36,37)/t20-,27?/m0/s1. The van der Waals surface area contributed by atoms with Gasteiger partial charge in [0.1, 0.15) is 12.8 Å². The van der Waals surface area contributed by atoms with Gasteiger partial charge in [-0.25, -0.2) is 4.99 Å². The van der Waals surface area contributed by atoms with Crippen LogP contribution >= 0.6 is 0 Å². The molecule has 11 heteroatoms. The molecule has 0 spiro atoms. The molecule has 1 aliphatic heterocycles. The van der Waals surface area contributed by atoms with E-state index in [1.807, 2.05) is 0 Å². The molecule has 4 rings (SSSR count). The van der Waals surface area contributed by atoms with Crippen LogP contribution in [-0.2, 0) is 24.0 Å². The van der Waals surface area contributed by atoms with Gasteiger partial charge < -0.3 is 20.5 Å². The van der Waals surface area contributed by atoms with Crippen molar-refractivity contribution in [2.75, 3.05) is 11.4 Å². The molecule has 0 radical (unpaired) electrons. The third-order valence-corrected chi connectivity index (χ3v) is 5.97. The topological polar surface area (TPSA) is 162 Å². The van der Waals surface area contributed by atoms with E-state index in [-0.39, 0.29) is 11.3 Å². The van der Waals surface area contributed by atoms with Crippen LogP contribution in [0.4, 0.5) is 5.69 Å². The zero-order valence-corrected chi connectivity index (χ0v) is 21.0. The Hall–Kier alpha value is -5.45. The smallest absolute Gasteiger partial charge is 0.305 e. The first-order chi connectivity index (χ1) is 19.3. The van der Waals surface area contributed by atoms with Gasteiger partial charge in [0, 0.05) is 16.7 Å². The maximum atomic E-state index is 13.8. The molecular formula is C29H24N4O7. The number of carbonyl (C=O) groups excluding carboxylic acids is 5. The summed E-state index contributed by atoms with van der Waals surface area (Å²) in [5.74, 6) is -4.86. The van der Waals surface area contributed by atoms with Gasteiger partial charge in [0.2, 0.25) is 17.9 Å². The summed E-state index contributed by atoms with van der Waals surface area (Å²) in [6.07, 6.45) is -1.93. The van der Waals surface area contributed by atoms with E-state index in [2.05, 4.69) is 15.6 Å². The maximum Gasteiger partial charge on any atom is 0.305 e. The van der Waals surface area contributed by atoms with Gasteiger partial charge in [0.05, 0.1) is 23.9 Å². The molecule has 1 unspecified atom stereocenters. The van der Waals surface area contributed by atoms with E-state index in [9.17, 15) is 28.8 Å². The van der Waals surface area contributed by atoms with Gasteiger partial charge in [-0.2, -0.15) is 0 Å². The summed E-state index contributed by atoms with van der Waals surface area (Å²) in [6, 6.07) is 22.0. The first-order valence-electron chi connectivity index (χ1n) is 12.2. The molecule has 0 fully saturated rings. The molecule has 202 valence electrons. The largest absolute Gasteiger partial charge is 0.481 e. The average molecular weight is 541 g/mol. The zero-order valence-electron chi connectivity index (χ0n) is 21.0. The number of benzodiazepines with no additional fused rings is 1. The summed E-state index contributed by atoms with van der Waals surface area (Å²) in [4.78, 5) is 80.3. The van der Waals surface area contributed by atoms with Crippen LogP contribution in [0.15, 0.2) is 89.9 Å². The van der Waals surface area contributed by atoms with E-state index in [4.69, 9.17) is 5.11 Å². The lowest BCUT2D eigenvalue weighted by Crippen LogP contribution is -2.52. The van der Waals surface area contributed by atoms with Gasteiger partial charge in [-0.3, -0.25) is 28.9 Å². The number of rotatable bonds is 10. The van der Waals surface area contributed by atoms with Crippen molar-refractivity contribution in [3.8, 4) is 0 Å². The zero-order chi connectivity index (χ0) is 28.6. The number of fused-ring (bicyclic) bond motifs is 1. The van der Waals surface area contributed by atoms with Gasteiger partial charge in [0.15, 0.2) is 0 Å². The number of carboxylic acid groups (broad SMARTS) is 1. The van der Waals surface area contributed by atoms with Crippen molar-refractivity contribution in [2.45, 2.75) is 18.6 Å². The summed E-state index contributed by atoms with van der Waals surface area (Å²) in [5.41, 5.74) is 1.83. The number of ketones is 1. The van der Waals surface area contributed by atoms with Crippen LogP contribution in [0.5, 0.6) is 0 Å². The number of aliphatic carboxylic acids is 1. The highest BCUT2D eigenvalue weighted by atomic mass is 16.4. The van der Waals surface area contributed by atoms with E-state index in [0.29, 0.717) is 23.1 Å². The first-order valence-corrected chi connectivity index (χ1v) is 12.2. The Labute approximate surface area is 228 Å². The molecule has 0 saturated carbocycles. The Kier molecular flexibility index (Phi) is 8.55. The quantitative estimate of drug-likeness (QED) is 0.199. The number of benzene rings is 3. The molecule has 0 bridgehead atoms. The highest BCUT2D eigenvalue weighted by molar-refractivity contribution is 6.43. The normalized spacial score (nSPS) is 15.1. The van der Waals surface area contributed by atoms with Crippen molar-refractivity contribution in [2.24, 2.45) is 4.99 Å². The van der Waals surface area contributed by atoms with Crippen molar-refractivity contribution >= 4 is 47.2 Å². The van der Waals surface area contributed by atoms with Crippen LogP contribution in [0.25, 0.3) is 0 Å². The minimum Gasteiger partial charge on any atom is -0.481 e. The minimum atomic E-state index is -1.59. The van der Waals surface area contributed by atoms with E-state index in [1.165, 1.54) is 12.1 Å². The second kappa shape index (κ2) is 12.4. The second-order valence-corrected chi connectivity index (χ2v) is 8.76. The molecule has 3 aromatic carbocycles. The van der Waals surface area contributed by atoms with Crippen LogP contribution in [0.3, 0.4) is 0 Å². The number of para-hydroxylation sites is 1. The fourth-order valence-electron chi connectivity index (χ4n) is 4.14. The number of hydrogen-bond donors (Lipinski definition) is 3. The first kappa shape index (κ1) is 27.6. The predicted octanol–water partition coefficient (Wildman–Crippen LogP) is 1.35. The molecule has 3 N–H and O–H groups in total. The van der Waals surface area contributed by atoms with Crippen LogP contribution in [0.1, 0.15) is 27.9 Å². The van der Waals surface area contributed by atoms with Crippen molar-refractivity contribution in [1.82, 2.24) is 10.6 Å². The van der Waals surface area contributed by atoms with Crippen LogP contribution in [0, 0.1) is 0 Å². The number of Topliss-reactive ketones (excluding diaryl/α,β-unsaturated/α-hetero) is 1. The lowest BCUT2D eigenvalue weighted by Gasteiger charge is -2.25. The third kappa shape index (κ3) is 6.33. The van der Waals surface area contributed by atoms with Gasteiger partial charge in [0.25, 0.3) is 11.8 Å². The van der Waals surface area contributed by atoms with Gasteiger partial charge in [-0.15, -0.1) is 0 Å². The van der Waals surface area contributed by atoms with Gasteiger partial charge in [-0.1, -0.05) is 78.9 Å². The fraction of sp³-hybridized carbons (Fsp3) is 0.138. The molecule has 0 saturated heterocycles. The molecule has 3 aromatic rings. The Morgan fingerprint density at radius 2 is 1.55 bits per heavy atom. The molecule has 3 amide bonds. The molecule has 1 heterocycles. The van der Waals surface area contributed by atoms with Crippen LogP contribution < -0.4 is 15.5 Å². The fourth-order valence-corrected chi connectivity index (χ4v) is 4.14. The number of aliphatic imine (C=N–C) groups is 1. The number of hydrogen-bond acceptors (Lipinski definition) is 7. The summed E-state index contributed by atoms with van der Waals surface area (Å²) in [7, 11) is 0. The Balaban J connectivity index is 1.72.